The summed E-state index contributed by atoms with van der Waals surface area (Å²) in [5.74, 6) is 0.162. The van der Waals surface area contributed by atoms with E-state index in [9.17, 15) is 4.79 Å². The van der Waals surface area contributed by atoms with Crippen molar-refractivity contribution in [2.75, 3.05) is 12.8 Å². The Morgan fingerprint density at radius 2 is 1.76 bits per heavy atom. The van der Waals surface area contributed by atoms with Crippen molar-refractivity contribution in [3.8, 4) is 0 Å². The second-order valence-electron chi connectivity index (χ2n) is 5.42. The Labute approximate surface area is 126 Å². The summed E-state index contributed by atoms with van der Waals surface area (Å²) in [7, 11) is 1.86. The van der Waals surface area contributed by atoms with Crippen LogP contribution in [0.3, 0.4) is 0 Å². The number of carbonyl (C=O) groups excluding carboxylic acids is 1. The molecule has 0 bridgehead atoms. The van der Waals surface area contributed by atoms with Gasteiger partial charge in [-0.15, -0.1) is 0 Å². The zero-order valence-corrected chi connectivity index (χ0v) is 12.7. The average molecular weight is 282 g/mol. The van der Waals surface area contributed by atoms with E-state index in [1.807, 2.05) is 43.4 Å². The maximum atomic E-state index is 12.2. The van der Waals surface area contributed by atoms with Gasteiger partial charge < -0.3 is 10.6 Å². The number of nitrogen functional groups attached to an aromatic ring is 1. The highest BCUT2D eigenvalue weighted by atomic mass is 16.2. The number of amides is 1. The number of nitrogens with zero attached hydrogens (tertiary/aromatic N) is 1. The van der Waals surface area contributed by atoms with Crippen molar-refractivity contribution < 1.29 is 4.79 Å². The van der Waals surface area contributed by atoms with Crippen LogP contribution in [0.1, 0.15) is 23.1 Å². The molecule has 2 rings (SSSR count). The summed E-state index contributed by atoms with van der Waals surface area (Å²) in [5, 5.41) is 0. The third-order valence-electron chi connectivity index (χ3n) is 3.70. The number of hydrogen-bond acceptors (Lipinski definition) is 2. The first-order valence-corrected chi connectivity index (χ1v) is 7.19. The number of rotatable bonds is 5. The lowest BCUT2D eigenvalue weighted by Crippen LogP contribution is -2.26. The van der Waals surface area contributed by atoms with Gasteiger partial charge >= 0.3 is 0 Å². The standard InChI is InChI=1S/C18H22N2O/c1-14-5-3-4-6-16(14)13-20(2)18(21)12-9-15-7-10-17(19)11-8-15/h3-8,10-11H,9,12-13,19H2,1-2H3. The van der Waals surface area contributed by atoms with Crippen molar-refractivity contribution in [3.05, 3.63) is 65.2 Å². The number of benzene rings is 2. The molecular weight excluding hydrogens is 260 g/mol. The summed E-state index contributed by atoms with van der Waals surface area (Å²) in [6, 6.07) is 15.9. The monoisotopic (exact) mass is 282 g/mol. The lowest BCUT2D eigenvalue weighted by Gasteiger charge is -2.18. The van der Waals surface area contributed by atoms with Crippen LogP contribution in [-0.2, 0) is 17.8 Å². The molecule has 3 nitrogen and oxygen atoms in total. The summed E-state index contributed by atoms with van der Waals surface area (Å²) < 4.78 is 0. The molecule has 0 saturated carbocycles. The van der Waals surface area contributed by atoms with E-state index in [2.05, 4.69) is 19.1 Å². The van der Waals surface area contributed by atoms with E-state index >= 15 is 0 Å². The average Bonchev–Trinajstić information content (AvgIpc) is 2.48. The summed E-state index contributed by atoms with van der Waals surface area (Å²) in [5.41, 5.74) is 9.96. The van der Waals surface area contributed by atoms with Crippen LogP contribution >= 0.6 is 0 Å². The van der Waals surface area contributed by atoms with E-state index in [4.69, 9.17) is 5.73 Å². The zero-order valence-electron chi connectivity index (χ0n) is 12.7. The second-order valence-corrected chi connectivity index (χ2v) is 5.42. The van der Waals surface area contributed by atoms with Gasteiger partial charge in [-0.3, -0.25) is 4.79 Å². The Bertz CT molecular complexity index is 605. The van der Waals surface area contributed by atoms with Crippen LogP contribution in [-0.4, -0.2) is 17.9 Å². The molecule has 2 aromatic carbocycles. The van der Waals surface area contributed by atoms with Crippen molar-refractivity contribution in [1.82, 2.24) is 4.90 Å². The summed E-state index contributed by atoms with van der Waals surface area (Å²) in [6.07, 6.45) is 1.27. The predicted molar refractivity (Wildman–Crippen MR) is 86.8 cm³/mol. The van der Waals surface area contributed by atoms with E-state index in [1.54, 1.807) is 4.90 Å². The van der Waals surface area contributed by atoms with Crippen molar-refractivity contribution in [2.45, 2.75) is 26.3 Å². The SMILES string of the molecule is Cc1ccccc1CN(C)C(=O)CCc1ccc(N)cc1. The Balaban J connectivity index is 1.88. The topological polar surface area (TPSA) is 46.3 Å². The van der Waals surface area contributed by atoms with Gasteiger partial charge in [-0.05, 0) is 42.2 Å². The second kappa shape index (κ2) is 6.93. The van der Waals surface area contributed by atoms with Gasteiger partial charge in [0.1, 0.15) is 0 Å². The van der Waals surface area contributed by atoms with Crippen molar-refractivity contribution >= 4 is 11.6 Å². The van der Waals surface area contributed by atoms with Crippen molar-refractivity contribution in [2.24, 2.45) is 0 Å². The predicted octanol–water partition coefficient (Wildman–Crippen LogP) is 3.17. The quantitative estimate of drug-likeness (QED) is 0.856. The van der Waals surface area contributed by atoms with E-state index in [1.165, 1.54) is 11.1 Å². The number of hydrogen-bond donors (Lipinski definition) is 1. The molecule has 2 aromatic rings. The van der Waals surface area contributed by atoms with Crippen LogP contribution in [0.2, 0.25) is 0 Å². The first-order valence-electron chi connectivity index (χ1n) is 7.19. The number of aryl methyl sites for hydroxylation is 2. The summed E-state index contributed by atoms with van der Waals surface area (Å²) in [6.45, 7) is 2.73. The molecule has 21 heavy (non-hydrogen) atoms. The third-order valence-corrected chi connectivity index (χ3v) is 3.70. The van der Waals surface area contributed by atoms with Crippen molar-refractivity contribution in [1.29, 1.82) is 0 Å². The molecule has 0 aliphatic heterocycles. The molecule has 0 saturated heterocycles. The molecular formula is C18H22N2O. The van der Waals surface area contributed by atoms with Crippen LogP contribution in [0.5, 0.6) is 0 Å². The molecule has 0 radical (unpaired) electrons. The molecule has 110 valence electrons. The van der Waals surface area contributed by atoms with E-state index in [0.717, 1.165) is 17.7 Å². The van der Waals surface area contributed by atoms with Crippen LogP contribution in [0.4, 0.5) is 5.69 Å². The Hall–Kier alpha value is -2.29. The molecule has 1 amide bonds. The highest BCUT2D eigenvalue weighted by molar-refractivity contribution is 5.76. The fraction of sp³-hybridized carbons (Fsp3) is 0.278. The molecule has 3 heteroatoms. The lowest BCUT2D eigenvalue weighted by atomic mass is 10.1. The van der Waals surface area contributed by atoms with Crippen molar-refractivity contribution in [3.63, 3.8) is 0 Å². The molecule has 0 aromatic heterocycles. The Morgan fingerprint density at radius 3 is 2.43 bits per heavy atom. The van der Waals surface area contributed by atoms with Gasteiger partial charge in [-0.25, -0.2) is 0 Å². The van der Waals surface area contributed by atoms with Gasteiger partial charge in [0, 0.05) is 25.7 Å². The van der Waals surface area contributed by atoms with Gasteiger partial charge in [0.15, 0.2) is 0 Å². The lowest BCUT2D eigenvalue weighted by molar-refractivity contribution is -0.130. The maximum Gasteiger partial charge on any atom is 0.222 e. The first-order chi connectivity index (χ1) is 10.1. The molecule has 0 aliphatic carbocycles. The van der Waals surface area contributed by atoms with Crippen LogP contribution in [0, 0.1) is 6.92 Å². The first kappa shape index (κ1) is 15.1. The molecule has 0 aliphatic rings. The fourth-order valence-corrected chi connectivity index (χ4v) is 2.26. The van der Waals surface area contributed by atoms with Gasteiger partial charge in [-0.1, -0.05) is 36.4 Å². The van der Waals surface area contributed by atoms with E-state index in [0.29, 0.717) is 13.0 Å². The number of anilines is 1. The fourth-order valence-electron chi connectivity index (χ4n) is 2.26. The van der Waals surface area contributed by atoms with Gasteiger partial charge in [0.25, 0.3) is 0 Å². The molecule has 0 fully saturated rings. The van der Waals surface area contributed by atoms with Crippen LogP contribution in [0.15, 0.2) is 48.5 Å². The summed E-state index contributed by atoms with van der Waals surface area (Å²) >= 11 is 0. The van der Waals surface area contributed by atoms with Gasteiger partial charge in [0.05, 0.1) is 0 Å². The highest BCUT2D eigenvalue weighted by Gasteiger charge is 2.10. The minimum Gasteiger partial charge on any atom is -0.399 e. The molecule has 0 unspecified atom stereocenters. The van der Waals surface area contributed by atoms with Crippen LogP contribution < -0.4 is 5.73 Å². The Morgan fingerprint density at radius 1 is 1.10 bits per heavy atom. The number of carbonyl (C=O) groups is 1. The minimum atomic E-state index is 0.162. The van der Waals surface area contributed by atoms with Gasteiger partial charge in [0.2, 0.25) is 5.91 Å². The molecule has 0 atom stereocenters. The highest BCUT2D eigenvalue weighted by Crippen LogP contribution is 2.12. The Kier molecular flexibility index (Phi) is 4.99. The summed E-state index contributed by atoms with van der Waals surface area (Å²) in [4.78, 5) is 14.0. The molecule has 2 N–H and O–H groups in total. The normalized spacial score (nSPS) is 10.4. The maximum absolute atomic E-state index is 12.2. The number of nitrogens with two attached hydrogens (primary N) is 1. The van der Waals surface area contributed by atoms with Crippen LogP contribution in [0.25, 0.3) is 0 Å². The van der Waals surface area contributed by atoms with Gasteiger partial charge in [-0.2, -0.15) is 0 Å². The smallest absolute Gasteiger partial charge is 0.222 e. The minimum absolute atomic E-state index is 0.162. The molecule has 0 heterocycles. The third kappa shape index (κ3) is 4.35. The zero-order chi connectivity index (χ0) is 15.2. The van der Waals surface area contributed by atoms with E-state index < -0.39 is 0 Å². The molecule has 0 spiro atoms. The largest absolute Gasteiger partial charge is 0.399 e. The van der Waals surface area contributed by atoms with E-state index in [-0.39, 0.29) is 5.91 Å².